The van der Waals surface area contributed by atoms with Crippen LogP contribution in [0.25, 0.3) is 0 Å². The Kier molecular flexibility index (Phi) is 3.15. The molecule has 0 saturated carbocycles. The first kappa shape index (κ1) is 11.5. The fourth-order valence-electron chi connectivity index (χ4n) is 2.66. The summed E-state index contributed by atoms with van der Waals surface area (Å²) in [4.78, 5) is 4.31. The molecule has 1 aliphatic heterocycles. The van der Waals surface area contributed by atoms with Crippen molar-refractivity contribution in [3.63, 3.8) is 0 Å². The molecule has 3 rings (SSSR count). The molecule has 96 valence electrons. The minimum atomic E-state index is 0.595. The van der Waals surface area contributed by atoms with E-state index in [0.29, 0.717) is 5.92 Å². The van der Waals surface area contributed by atoms with Crippen LogP contribution in [0.3, 0.4) is 0 Å². The summed E-state index contributed by atoms with van der Waals surface area (Å²) in [6.07, 6.45) is 10.4. The fraction of sp³-hybridized carbons (Fsp3) is 0.538. The van der Waals surface area contributed by atoms with Gasteiger partial charge in [-0.05, 0) is 19.4 Å². The molecule has 1 fully saturated rings. The van der Waals surface area contributed by atoms with Gasteiger partial charge in [-0.3, -0.25) is 4.68 Å². The molecule has 0 spiro atoms. The Morgan fingerprint density at radius 3 is 3.11 bits per heavy atom. The summed E-state index contributed by atoms with van der Waals surface area (Å²) in [5.41, 5.74) is 2.56. The van der Waals surface area contributed by atoms with Crippen molar-refractivity contribution >= 4 is 0 Å². The van der Waals surface area contributed by atoms with Crippen LogP contribution in [-0.2, 0) is 13.6 Å². The predicted octanol–water partition coefficient (Wildman–Crippen LogP) is 1.13. The Bertz CT molecular complexity index is 507. The van der Waals surface area contributed by atoms with Crippen LogP contribution in [0.5, 0.6) is 0 Å². The number of hydrogen-bond donors (Lipinski definition) is 1. The van der Waals surface area contributed by atoms with Crippen molar-refractivity contribution in [1.29, 1.82) is 0 Å². The molecule has 2 aromatic heterocycles. The van der Waals surface area contributed by atoms with Gasteiger partial charge in [0.2, 0.25) is 0 Å². The smallest absolute Gasteiger partial charge is 0.0951 e. The number of rotatable bonds is 3. The van der Waals surface area contributed by atoms with E-state index in [2.05, 4.69) is 26.2 Å². The average molecular weight is 245 g/mol. The summed E-state index contributed by atoms with van der Waals surface area (Å²) >= 11 is 0. The van der Waals surface area contributed by atoms with Gasteiger partial charge >= 0.3 is 0 Å². The number of aryl methyl sites for hydroxylation is 1. The van der Waals surface area contributed by atoms with Crippen molar-refractivity contribution in [3.8, 4) is 0 Å². The molecule has 1 saturated heterocycles. The predicted molar refractivity (Wildman–Crippen MR) is 69.4 cm³/mol. The Balaban J connectivity index is 1.78. The third kappa shape index (κ3) is 2.31. The van der Waals surface area contributed by atoms with E-state index in [1.54, 1.807) is 0 Å². The third-order valence-electron chi connectivity index (χ3n) is 3.57. The van der Waals surface area contributed by atoms with Gasteiger partial charge in [0.05, 0.1) is 19.1 Å². The van der Waals surface area contributed by atoms with Gasteiger partial charge in [-0.15, -0.1) is 0 Å². The van der Waals surface area contributed by atoms with Crippen LogP contribution < -0.4 is 5.32 Å². The van der Waals surface area contributed by atoms with Gasteiger partial charge in [0, 0.05) is 43.2 Å². The quantitative estimate of drug-likeness (QED) is 0.882. The summed E-state index contributed by atoms with van der Waals surface area (Å²) in [7, 11) is 1.95. The minimum Gasteiger partial charge on any atom is -0.330 e. The largest absolute Gasteiger partial charge is 0.330 e. The van der Waals surface area contributed by atoms with Crippen LogP contribution in [0.1, 0.15) is 30.0 Å². The van der Waals surface area contributed by atoms with E-state index in [1.807, 2.05) is 30.5 Å². The van der Waals surface area contributed by atoms with Crippen molar-refractivity contribution < 1.29 is 0 Å². The lowest BCUT2D eigenvalue weighted by molar-refractivity contribution is 0.444. The lowest BCUT2D eigenvalue weighted by atomic mass is 9.96. The zero-order valence-corrected chi connectivity index (χ0v) is 10.7. The van der Waals surface area contributed by atoms with Crippen LogP contribution in [-0.4, -0.2) is 32.4 Å². The van der Waals surface area contributed by atoms with Crippen LogP contribution in [0, 0.1) is 0 Å². The highest BCUT2D eigenvalue weighted by Crippen LogP contribution is 2.23. The minimum absolute atomic E-state index is 0.595. The maximum atomic E-state index is 4.31. The third-order valence-corrected chi connectivity index (χ3v) is 3.57. The number of imidazole rings is 1. The summed E-state index contributed by atoms with van der Waals surface area (Å²) < 4.78 is 4.09. The van der Waals surface area contributed by atoms with E-state index in [4.69, 9.17) is 0 Å². The molecule has 0 aliphatic carbocycles. The summed E-state index contributed by atoms with van der Waals surface area (Å²) in [5.74, 6) is 0.595. The molecule has 1 atom stereocenters. The Labute approximate surface area is 107 Å². The van der Waals surface area contributed by atoms with Gasteiger partial charge in [-0.1, -0.05) is 0 Å². The first-order valence-corrected chi connectivity index (χ1v) is 6.51. The highest BCUT2D eigenvalue weighted by Gasteiger charge is 2.18. The van der Waals surface area contributed by atoms with E-state index < -0.39 is 0 Å². The second-order valence-electron chi connectivity index (χ2n) is 5.01. The number of nitrogens with zero attached hydrogens (tertiary/aromatic N) is 4. The molecule has 0 amide bonds. The standard InChI is InChI=1S/C13H19N5/c1-17-8-11(5-16-17)9-18-10-15-7-13(18)12-3-2-4-14-6-12/h5,7-8,10,12,14H,2-4,6,9H2,1H3. The molecule has 1 unspecified atom stereocenters. The zero-order valence-electron chi connectivity index (χ0n) is 10.7. The average Bonchev–Trinajstić information content (AvgIpc) is 3.00. The first-order chi connectivity index (χ1) is 8.83. The maximum Gasteiger partial charge on any atom is 0.0951 e. The van der Waals surface area contributed by atoms with Gasteiger partial charge in [-0.2, -0.15) is 5.10 Å². The Hall–Kier alpha value is -1.62. The normalized spacial score (nSPS) is 20.2. The molecule has 0 bridgehead atoms. The monoisotopic (exact) mass is 245 g/mol. The number of nitrogens with one attached hydrogen (secondary N) is 1. The zero-order chi connectivity index (χ0) is 12.4. The topological polar surface area (TPSA) is 47.7 Å². The van der Waals surface area contributed by atoms with Crippen molar-refractivity contribution in [2.75, 3.05) is 13.1 Å². The second kappa shape index (κ2) is 4.94. The molecular formula is C13H19N5. The molecule has 5 nitrogen and oxygen atoms in total. The highest BCUT2D eigenvalue weighted by atomic mass is 15.2. The molecule has 2 aromatic rings. The fourth-order valence-corrected chi connectivity index (χ4v) is 2.66. The van der Waals surface area contributed by atoms with Crippen molar-refractivity contribution in [2.24, 2.45) is 7.05 Å². The summed E-state index contributed by atoms with van der Waals surface area (Å²) in [6, 6.07) is 0. The van der Waals surface area contributed by atoms with Crippen LogP contribution in [0.4, 0.5) is 0 Å². The van der Waals surface area contributed by atoms with E-state index in [1.165, 1.54) is 24.1 Å². The molecule has 5 heteroatoms. The molecule has 0 aromatic carbocycles. The molecule has 1 N–H and O–H groups in total. The molecule has 18 heavy (non-hydrogen) atoms. The van der Waals surface area contributed by atoms with E-state index in [-0.39, 0.29) is 0 Å². The maximum absolute atomic E-state index is 4.31. The summed E-state index contributed by atoms with van der Waals surface area (Å²) in [5, 5.41) is 7.67. The van der Waals surface area contributed by atoms with E-state index in [9.17, 15) is 0 Å². The number of aromatic nitrogens is 4. The summed E-state index contributed by atoms with van der Waals surface area (Å²) in [6.45, 7) is 3.08. The highest BCUT2D eigenvalue weighted by molar-refractivity contribution is 5.12. The molecule has 3 heterocycles. The van der Waals surface area contributed by atoms with Crippen molar-refractivity contribution in [3.05, 3.63) is 36.2 Å². The van der Waals surface area contributed by atoms with Gasteiger partial charge in [-0.25, -0.2) is 4.98 Å². The Morgan fingerprint density at radius 1 is 1.44 bits per heavy atom. The van der Waals surface area contributed by atoms with Gasteiger partial charge in [0.25, 0.3) is 0 Å². The van der Waals surface area contributed by atoms with E-state index >= 15 is 0 Å². The van der Waals surface area contributed by atoms with Crippen LogP contribution in [0.2, 0.25) is 0 Å². The molecule has 0 radical (unpaired) electrons. The molecule has 1 aliphatic rings. The van der Waals surface area contributed by atoms with Crippen LogP contribution >= 0.6 is 0 Å². The SMILES string of the molecule is Cn1cc(Cn2cncc2C2CCCNC2)cn1. The van der Waals surface area contributed by atoms with Gasteiger partial charge in [0.1, 0.15) is 0 Å². The van der Waals surface area contributed by atoms with Gasteiger partial charge in [0.15, 0.2) is 0 Å². The number of piperidine rings is 1. The lowest BCUT2D eigenvalue weighted by Crippen LogP contribution is -2.29. The lowest BCUT2D eigenvalue weighted by Gasteiger charge is -2.23. The van der Waals surface area contributed by atoms with Crippen molar-refractivity contribution in [1.82, 2.24) is 24.6 Å². The molecular weight excluding hydrogens is 226 g/mol. The Morgan fingerprint density at radius 2 is 2.39 bits per heavy atom. The van der Waals surface area contributed by atoms with E-state index in [0.717, 1.165) is 19.6 Å². The first-order valence-electron chi connectivity index (χ1n) is 6.51. The van der Waals surface area contributed by atoms with Crippen molar-refractivity contribution in [2.45, 2.75) is 25.3 Å². The number of hydrogen-bond acceptors (Lipinski definition) is 3. The van der Waals surface area contributed by atoms with Gasteiger partial charge < -0.3 is 9.88 Å². The van der Waals surface area contributed by atoms with Crippen LogP contribution in [0.15, 0.2) is 24.9 Å². The second-order valence-corrected chi connectivity index (χ2v) is 5.01.